The molecule has 1 heterocycles. The molecule has 1 spiro atoms. The minimum Gasteiger partial charge on any atom is -0.355 e. The molecule has 0 saturated heterocycles. The lowest BCUT2D eigenvalue weighted by Crippen LogP contribution is -2.24. The summed E-state index contributed by atoms with van der Waals surface area (Å²) in [6.45, 7) is 3.52. The van der Waals surface area contributed by atoms with Gasteiger partial charge in [-0.25, -0.2) is 4.99 Å². The molecule has 1 fully saturated rings. The number of hydrogen-bond acceptors (Lipinski definition) is 3. The zero-order valence-electron chi connectivity index (χ0n) is 8.03. The van der Waals surface area contributed by atoms with Gasteiger partial charge < -0.3 is 4.84 Å². The number of fused-ring (bicyclic) bond motifs is 2. The van der Waals surface area contributed by atoms with Crippen LogP contribution in [0, 0.1) is 0 Å². The molecule has 0 N–H and O–H groups in total. The highest BCUT2D eigenvalue weighted by Gasteiger charge is 2.54. The summed E-state index contributed by atoms with van der Waals surface area (Å²) in [5.74, 6) is 1.40. The molecule has 0 aromatic heterocycles. The largest absolute Gasteiger partial charge is 0.355 e. The van der Waals surface area contributed by atoms with E-state index in [0.29, 0.717) is 5.84 Å². The second-order valence-corrected chi connectivity index (χ2v) is 4.27. The highest BCUT2D eigenvalue weighted by molar-refractivity contribution is 6.32. The Bertz CT molecular complexity index is 477. The molecular formula is C11H9ClN2O. The van der Waals surface area contributed by atoms with Gasteiger partial charge in [0.25, 0.3) is 0 Å². The van der Waals surface area contributed by atoms with Crippen molar-refractivity contribution in [3.8, 4) is 5.75 Å². The molecule has 0 radical (unpaired) electrons. The van der Waals surface area contributed by atoms with Crippen LogP contribution in [0.15, 0.2) is 28.3 Å². The first kappa shape index (κ1) is 8.92. The second kappa shape index (κ2) is 2.83. The number of oxime groups is 1. The Morgan fingerprint density at radius 2 is 2.27 bits per heavy atom. The fourth-order valence-corrected chi connectivity index (χ4v) is 2.46. The van der Waals surface area contributed by atoms with Crippen LogP contribution < -0.4 is 4.84 Å². The normalized spacial score (nSPS) is 20.2. The van der Waals surface area contributed by atoms with Gasteiger partial charge in [0.05, 0.1) is 5.41 Å². The number of amidine groups is 1. The summed E-state index contributed by atoms with van der Waals surface area (Å²) in [5, 5.41) is 4.70. The van der Waals surface area contributed by atoms with Crippen molar-refractivity contribution in [1.29, 1.82) is 0 Å². The van der Waals surface area contributed by atoms with Crippen LogP contribution in [-0.2, 0) is 5.41 Å². The first-order chi connectivity index (χ1) is 7.28. The number of halogens is 1. The Hall–Kier alpha value is -1.35. The van der Waals surface area contributed by atoms with Gasteiger partial charge in [0, 0.05) is 10.6 Å². The quantitative estimate of drug-likeness (QED) is 0.619. The van der Waals surface area contributed by atoms with Crippen molar-refractivity contribution in [2.45, 2.75) is 18.3 Å². The fourth-order valence-electron chi connectivity index (χ4n) is 2.12. The minimum absolute atomic E-state index is 0.117. The highest BCUT2D eigenvalue weighted by Crippen LogP contribution is 2.56. The summed E-state index contributed by atoms with van der Waals surface area (Å²) in [6.07, 6.45) is 2.04. The molecule has 3 rings (SSSR count). The molecule has 4 heteroatoms. The van der Waals surface area contributed by atoms with Crippen molar-refractivity contribution in [2.24, 2.45) is 10.1 Å². The molecule has 1 aromatic carbocycles. The summed E-state index contributed by atoms with van der Waals surface area (Å²) in [4.78, 5) is 9.17. The van der Waals surface area contributed by atoms with Crippen LogP contribution in [0.2, 0.25) is 5.02 Å². The van der Waals surface area contributed by atoms with Crippen molar-refractivity contribution >= 4 is 24.2 Å². The van der Waals surface area contributed by atoms with Gasteiger partial charge in [-0.2, -0.15) is 0 Å². The van der Waals surface area contributed by atoms with E-state index in [1.54, 1.807) is 0 Å². The summed E-state index contributed by atoms with van der Waals surface area (Å²) in [6, 6.07) is 5.61. The lowest BCUT2D eigenvalue weighted by Gasteiger charge is -2.22. The van der Waals surface area contributed by atoms with E-state index in [9.17, 15) is 0 Å². The monoisotopic (exact) mass is 220 g/mol. The third kappa shape index (κ3) is 1.07. The lowest BCUT2D eigenvalue weighted by molar-refractivity contribution is 0.322. The minimum atomic E-state index is -0.117. The molecule has 3 nitrogen and oxygen atoms in total. The Balaban J connectivity index is 2.24. The standard InChI is InChI=1S/C11H9ClN2O/c1-13-10-11(5-6-11)9-7(12)3-2-4-8(9)15-14-10/h2-4H,1,5-6H2. The van der Waals surface area contributed by atoms with E-state index in [1.807, 2.05) is 18.2 Å². The lowest BCUT2D eigenvalue weighted by atomic mass is 9.93. The molecule has 2 aliphatic rings. The van der Waals surface area contributed by atoms with Gasteiger partial charge in [-0.15, -0.1) is 0 Å². The van der Waals surface area contributed by atoms with Crippen molar-refractivity contribution in [3.63, 3.8) is 0 Å². The van der Waals surface area contributed by atoms with Gasteiger partial charge in [-0.3, -0.25) is 0 Å². The molecule has 15 heavy (non-hydrogen) atoms. The van der Waals surface area contributed by atoms with Crippen LogP contribution in [0.5, 0.6) is 5.75 Å². The molecule has 0 unspecified atom stereocenters. The zero-order valence-corrected chi connectivity index (χ0v) is 8.79. The van der Waals surface area contributed by atoms with Crippen molar-refractivity contribution < 1.29 is 4.84 Å². The molecule has 0 bridgehead atoms. The number of nitrogens with zero attached hydrogens (tertiary/aromatic N) is 2. The SMILES string of the molecule is C=NC1=NOc2cccc(Cl)c2C12CC2. The summed E-state index contributed by atoms with van der Waals surface area (Å²) >= 11 is 6.19. The van der Waals surface area contributed by atoms with Gasteiger partial charge >= 0.3 is 0 Å². The molecule has 1 aliphatic heterocycles. The van der Waals surface area contributed by atoms with Gasteiger partial charge in [0.1, 0.15) is 0 Å². The predicted molar refractivity (Wildman–Crippen MR) is 60.0 cm³/mol. The molecule has 1 aliphatic carbocycles. The maximum atomic E-state index is 6.19. The number of rotatable bonds is 0. The Kier molecular flexibility index (Phi) is 1.68. The van der Waals surface area contributed by atoms with Crippen molar-refractivity contribution in [2.75, 3.05) is 0 Å². The van der Waals surface area contributed by atoms with E-state index in [2.05, 4.69) is 16.9 Å². The summed E-state index contributed by atoms with van der Waals surface area (Å²) in [5.41, 5.74) is 0.900. The van der Waals surface area contributed by atoms with Crippen molar-refractivity contribution in [1.82, 2.24) is 0 Å². The maximum absolute atomic E-state index is 6.19. The predicted octanol–water partition coefficient (Wildman–Crippen LogP) is 2.78. The van der Waals surface area contributed by atoms with Gasteiger partial charge in [0.2, 0.25) is 0 Å². The third-order valence-electron chi connectivity index (χ3n) is 3.01. The van der Waals surface area contributed by atoms with E-state index < -0.39 is 0 Å². The third-order valence-corrected chi connectivity index (χ3v) is 3.33. The van der Waals surface area contributed by atoms with E-state index in [4.69, 9.17) is 16.4 Å². The van der Waals surface area contributed by atoms with Crippen LogP contribution in [-0.4, -0.2) is 12.6 Å². The first-order valence-electron chi connectivity index (χ1n) is 4.79. The van der Waals surface area contributed by atoms with Crippen LogP contribution in [0.25, 0.3) is 0 Å². The van der Waals surface area contributed by atoms with E-state index in [1.165, 1.54) is 0 Å². The van der Waals surface area contributed by atoms with Crippen LogP contribution in [0.3, 0.4) is 0 Å². The van der Waals surface area contributed by atoms with Gasteiger partial charge in [-0.05, 0) is 31.7 Å². The zero-order chi connectivity index (χ0) is 10.5. The fraction of sp³-hybridized carbons (Fsp3) is 0.273. The molecule has 76 valence electrons. The Morgan fingerprint density at radius 3 is 2.93 bits per heavy atom. The smallest absolute Gasteiger partial charge is 0.178 e. The summed E-state index contributed by atoms with van der Waals surface area (Å²) in [7, 11) is 0. The second-order valence-electron chi connectivity index (χ2n) is 3.86. The van der Waals surface area contributed by atoms with E-state index >= 15 is 0 Å². The van der Waals surface area contributed by atoms with Gasteiger partial charge in [-0.1, -0.05) is 22.8 Å². The number of hydrogen-bond donors (Lipinski definition) is 0. The molecule has 1 saturated carbocycles. The molecular weight excluding hydrogens is 212 g/mol. The first-order valence-corrected chi connectivity index (χ1v) is 5.17. The van der Waals surface area contributed by atoms with Crippen LogP contribution in [0.1, 0.15) is 18.4 Å². The van der Waals surface area contributed by atoms with Gasteiger partial charge in [0.15, 0.2) is 11.6 Å². The average Bonchev–Trinajstić information content (AvgIpc) is 3.00. The number of aliphatic imine (C=N–C) groups is 1. The topological polar surface area (TPSA) is 34.0 Å². The molecule has 0 atom stereocenters. The van der Waals surface area contributed by atoms with E-state index in [-0.39, 0.29) is 5.41 Å². The number of benzene rings is 1. The highest BCUT2D eigenvalue weighted by atomic mass is 35.5. The average molecular weight is 221 g/mol. The summed E-state index contributed by atoms with van der Waals surface area (Å²) < 4.78 is 0. The van der Waals surface area contributed by atoms with E-state index in [0.717, 1.165) is 29.2 Å². The Labute approximate surface area is 92.4 Å². The Morgan fingerprint density at radius 1 is 1.47 bits per heavy atom. The van der Waals surface area contributed by atoms with Crippen LogP contribution >= 0.6 is 11.6 Å². The van der Waals surface area contributed by atoms with Crippen LogP contribution in [0.4, 0.5) is 0 Å². The molecule has 0 amide bonds. The molecule has 1 aromatic rings. The van der Waals surface area contributed by atoms with Crippen molar-refractivity contribution in [3.05, 3.63) is 28.8 Å². The maximum Gasteiger partial charge on any atom is 0.178 e.